The van der Waals surface area contributed by atoms with Gasteiger partial charge in [0.25, 0.3) is 0 Å². The molecule has 1 aromatic rings. The third-order valence-corrected chi connectivity index (χ3v) is 2.85. The molecule has 0 saturated heterocycles. The highest BCUT2D eigenvalue weighted by molar-refractivity contribution is 6.44. The van der Waals surface area contributed by atoms with Crippen molar-refractivity contribution in [2.75, 3.05) is 18.4 Å². The highest BCUT2D eigenvalue weighted by atomic mass is 35.5. The predicted octanol–water partition coefficient (Wildman–Crippen LogP) is 3.19. The molecular formula is C10H11Cl3N2O. The Hall–Kier alpha value is -0.480. The number of hydrogen-bond acceptors (Lipinski definition) is 2. The van der Waals surface area contributed by atoms with E-state index in [4.69, 9.17) is 34.8 Å². The van der Waals surface area contributed by atoms with Gasteiger partial charge in [0, 0.05) is 0 Å². The summed E-state index contributed by atoms with van der Waals surface area (Å²) in [5.74, 6) is -0.179. The Morgan fingerprint density at radius 3 is 2.44 bits per heavy atom. The number of nitrogens with one attached hydrogen (secondary N) is 2. The Kier molecular flexibility index (Phi) is 5.35. The highest BCUT2D eigenvalue weighted by Crippen LogP contribution is 2.32. The van der Waals surface area contributed by atoms with Crippen LogP contribution in [0.3, 0.4) is 0 Å². The molecule has 0 heterocycles. The summed E-state index contributed by atoms with van der Waals surface area (Å²) >= 11 is 17.5. The van der Waals surface area contributed by atoms with Crippen molar-refractivity contribution in [3.8, 4) is 0 Å². The molecule has 1 rings (SSSR count). The smallest absolute Gasteiger partial charge is 0.238 e. The molecule has 0 bridgehead atoms. The monoisotopic (exact) mass is 280 g/mol. The summed E-state index contributed by atoms with van der Waals surface area (Å²) in [4.78, 5) is 11.4. The fourth-order valence-electron chi connectivity index (χ4n) is 1.05. The number of likely N-dealkylation sites (N-methyl/N-ethyl adjacent to an activating group) is 1. The fraction of sp³-hybridized carbons (Fsp3) is 0.300. The van der Waals surface area contributed by atoms with Crippen molar-refractivity contribution in [1.29, 1.82) is 0 Å². The molecule has 0 spiro atoms. The zero-order valence-electron chi connectivity index (χ0n) is 8.61. The third kappa shape index (κ3) is 3.83. The summed E-state index contributed by atoms with van der Waals surface area (Å²) in [6, 6.07) is 3.02. The highest BCUT2D eigenvalue weighted by Gasteiger charge is 2.08. The van der Waals surface area contributed by atoms with Gasteiger partial charge in [-0.15, -0.1) is 0 Å². The molecule has 0 aliphatic heterocycles. The normalized spacial score (nSPS) is 10.2. The van der Waals surface area contributed by atoms with Crippen molar-refractivity contribution >= 4 is 46.4 Å². The van der Waals surface area contributed by atoms with Gasteiger partial charge in [-0.05, 0) is 18.7 Å². The molecule has 3 nitrogen and oxygen atoms in total. The van der Waals surface area contributed by atoms with Crippen molar-refractivity contribution in [2.45, 2.75) is 6.92 Å². The van der Waals surface area contributed by atoms with Crippen molar-refractivity contribution in [1.82, 2.24) is 5.32 Å². The quantitative estimate of drug-likeness (QED) is 0.832. The van der Waals surface area contributed by atoms with Crippen LogP contribution in [0, 0.1) is 0 Å². The molecule has 2 N–H and O–H groups in total. The molecule has 0 radical (unpaired) electrons. The lowest BCUT2D eigenvalue weighted by Crippen LogP contribution is -2.27. The lowest BCUT2D eigenvalue weighted by atomic mass is 10.3. The number of amides is 1. The number of benzene rings is 1. The molecule has 0 aliphatic rings. The van der Waals surface area contributed by atoms with Gasteiger partial charge in [-0.25, -0.2) is 0 Å². The van der Waals surface area contributed by atoms with Crippen LogP contribution in [0.4, 0.5) is 5.69 Å². The topological polar surface area (TPSA) is 41.1 Å². The van der Waals surface area contributed by atoms with Crippen LogP contribution in [0.25, 0.3) is 0 Å². The summed E-state index contributed by atoms with van der Waals surface area (Å²) in [6.45, 7) is 2.87. The van der Waals surface area contributed by atoms with Crippen LogP contribution in [0.15, 0.2) is 12.1 Å². The van der Waals surface area contributed by atoms with Gasteiger partial charge in [0.05, 0.1) is 27.3 Å². The van der Waals surface area contributed by atoms with E-state index in [-0.39, 0.29) is 12.5 Å². The molecular weight excluding hydrogens is 270 g/mol. The molecule has 16 heavy (non-hydrogen) atoms. The Morgan fingerprint density at radius 1 is 1.19 bits per heavy atom. The zero-order valence-corrected chi connectivity index (χ0v) is 10.9. The molecule has 0 atom stereocenters. The summed E-state index contributed by atoms with van der Waals surface area (Å²) < 4.78 is 0. The van der Waals surface area contributed by atoms with E-state index in [0.29, 0.717) is 20.8 Å². The number of hydrogen-bond donors (Lipinski definition) is 2. The van der Waals surface area contributed by atoms with Crippen molar-refractivity contribution in [2.24, 2.45) is 0 Å². The standard InChI is InChI=1S/C10H11Cl3N2O/c1-2-14-5-10(16)15-9-4-7(12)6(11)3-8(9)13/h3-4,14H,2,5H2,1H3,(H,15,16). The minimum absolute atomic E-state index is 0.179. The second-order valence-electron chi connectivity index (χ2n) is 3.07. The van der Waals surface area contributed by atoms with E-state index in [1.807, 2.05) is 6.92 Å². The Balaban J connectivity index is 2.73. The predicted molar refractivity (Wildman–Crippen MR) is 68.6 cm³/mol. The maximum absolute atomic E-state index is 11.4. The van der Waals surface area contributed by atoms with Crippen LogP contribution < -0.4 is 10.6 Å². The van der Waals surface area contributed by atoms with Crippen molar-refractivity contribution in [3.63, 3.8) is 0 Å². The largest absolute Gasteiger partial charge is 0.324 e. The molecule has 0 aromatic heterocycles. The maximum Gasteiger partial charge on any atom is 0.238 e. The number of carbonyl (C=O) groups excluding carboxylic acids is 1. The van der Waals surface area contributed by atoms with E-state index < -0.39 is 0 Å². The summed E-state index contributed by atoms with van der Waals surface area (Å²) in [5, 5.41) is 6.61. The van der Waals surface area contributed by atoms with Crippen LogP contribution in [-0.4, -0.2) is 19.0 Å². The van der Waals surface area contributed by atoms with Gasteiger partial charge in [-0.3, -0.25) is 4.79 Å². The van der Waals surface area contributed by atoms with Crippen LogP contribution in [0.2, 0.25) is 15.1 Å². The number of anilines is 1. The number of carbonyl (C=O) groups is 1. The first-order valence-corrected chi connectivity index (χ1v) is 5.83. The van der Waals surface area contributed by atoms with E-state index in [9.17, 15) is 4.79 Å². The Morgan fingerprint density at radius 2 is 1.81 bits per heavy atom. The van der Waals surface area contributed by atoms with Crippen LogP contribution >= 0.6 is 34.8 Å². The van der Waals surface area contributed by atoms with E-state index in [2.05, 4.69) is 10.6 Å². The van der Waals surface area contributed by atoms with Gasteiger partial charge in [-0.1, -0.05) is 41.7 Å². The Labute approximate surface area is 109 Å². The average molecular weight is 282 g/mol. The summed E-state index contributed by atoms with van der Waals surface area (Å²) in [7, 11) is 0. The van der Waals surface area contributed by atoms with Crippen molar-refractivity contribution < 1.29 is 4.79 Å². The maximum atomic E-state index is 11.4. The molecule has 0 saturated carbocycles. The average Bonchev–Trinajstić information content (AvgIpc) is 2.23. The van der Waals surface area contributed by atoms with E-state index in [1.54, 1.807) is 0 Å². The fourth-order valence-corrected chi connectivity index (χ4v) is 1.65. The lowest BCUT2D eigenvalue weighted by molar-refractivity contribution is -0.115. The summed E-state index contributed by atoms with van der Waals surface area (Å²) in [6.07, 6.45) is 0. The molecule has 0 fully saturated rings. The number of rotatable bonds is 4. The van der Waals surface area contributed by atoms with Crippen molar-refractivity contribution in [3.05, 3.63) is 27.2 Å². The second-order valence-corrected chi connectivity index (χ2v) is 4.30. The minimum Gasteiger partial charge on any atom is -0.324 e. The number of halogens is 3. The van der Waals surface area contributed by atoms with Gasteiger partial charge in [0.1, 0.15) is 0 Å². The molecule has 0 unspecified atom stereocenters. The molecule has 0 aliphatic carbocycles. The van der Waals surface area contributed by atoms with Gasteiger partial charge in [0.15, 0.2) is 0 Å². The molecule has 1 aromatic carbocycles. The SMILES string of the molecule is CCNCC(=O)Nc1cc(Cl)c(Cl)cc1Cl. The van der Waals surface area contributed by atoms with Gasteiger partial charge >= 0.3 is 0 Å². The van der Waals surface area contributed by atoms with Crippen LogP contribution in [0.1, 0.15) is 6.92 Å². The first kappa shape index (κ1) is 13.6. The van der Waals surface area contributed by atoms with Gasteiger partial charge in [-0.2, -0.15) is 0 Å². The first-order valence-electron chi connectivity index (χ1n) is 4.69. The zero-order chi connectivity index (χ0) is 12.1. The van der Waals surface area contributed by atoms with E-state index in [0.717, 1.165) is 6.54 Å². The first-order chi connectivity index (χ1) is 7.54. The molecule has 88 valence electrons. The lowest BCUT2D eigenvalue weighted by Gasteiger charge is -2.08. The Bertz CT molecular complexity index is 396. The molecule has 6 heteroatoms. The van der Waals surface area contributed by atoms with Crippen LogP contribution in [-0.2, 0) is 4.79 Å². The van der Waals surface area contributed by atoms with Gasteiger partial charge < -0.3 is 10.6 Å². The second kappa shape index (κ2) is 6.30. The summed E-state index contributed by atoms with van der Waals surface area (Å²) in [5.41, 5.74) is 0.457. The van der Waals surface area contributed by atoms with E-state index >= 15 is 0 Å². The van der Waals surface area contributed by atoms with E-state index in [1.165, 1.54) is 12.1 Å². The minimum atomic E-state index is -0.179. The molecule has 1 amide bonds. The van der Waals surface area contributed by atoms with Crippen LogP contribution in [0.5, 0.6) is 0 Å². The third-order valence-electron chi connectivity index (χ3n) is 1.82. The van der Waals surface area contributed by atoms with Gasteiger partial charge in [0.2, 0.25) is 5.91 Å².